The number of fused-ring (bicyclic) bond motifs is 3. The van der Waals surface area contributed by atoms with Crippen LogP contribution in [-0.2, 0) is 16.4 Å². The van der Waals surface area contributed by atoms with Gasteiger partial charge in [0.1, 0.15) is 0 Å². The molecule has 0 heterocycles. The number of halogens is 1. The normalized spacial score (nSPS) is 31.1. The Morgan fingerprint density at radius 3 is 2.81 bits per heavy atom. The highest BCUT2D eigenvalue weighted by Crippen LogP contribution is 2.63. The first kappa shape index (κ1) is 10.8. The molecule has 0 amide bonds. The quantitative estimate of drug-likeness (QED) is 0.724. The highest BCUT2D eigenvalue weighted by atomic mass is 35.5. The fraction of sp³-hybridized carbons (Fsp3) is 0.538. The molecule has 1 nitrogen and oxygen atoms in total. The molecule has 0 radical (unpaired) electrons. The Morgan fingerprint density at radius 2 is 2.12 bits per heavy atom. The maximum absolute atomic E-state index is 6.42. The standard InChI is InChI=1S/C13H17ClOSi/c1-16(2,3)15-13-8-10(13)6-9-7-11(14)4-5-12(9)13/h4-5,7,10H,6,8H2,1-3H3. The first-order valence-electron chi connectivity index (χ1n) is 5.90. The Morgan fingerprint density at radius 1 is 1.38 bits per heavy atom. The van der Waals surface area contributed by atoms with Gasteiger partial charge in [-0.2, -0.15) is 0 Å². The molecule has 2 unspecified atom stereocenters. The summed E-state index contributed by atoms with van der Waals surface area (Å²) in [5.41, 5.74) is 2.89. The van der Waals surface area contributed by atoms with Crippen LogP contribution in [0.3, 0.4) is 0 Å². The van der Waals surface area contributed by atoms with E-state index >= 15 is 0 Å². The van der Waals surface area contributed by atoms with E-state index in [1.54, 1.807) is 0 Å². The van der Waals surface area contributed by atoms with E-state index in [4.69, 9.17) is 16.0 Å². The minimum absolute atomic E-state index is 0.0738. The zero-order chi connectivity index (χ0) is 11.6. The fourth-order valence-electron chi connectivity index (χ4n) is 3.01. The molecule has 0 spiro atoms. The van der Waals surface area contributed by atoms with Crippen LogP contribution in [-0.4, -0.2) is 8.32 Å². The summed E-state index contributed by atoms with van der Waals surface area (Å²) in [7, 11) is -1.47. The summed E-state index contributed by atoms with van der Waals surface area (Å²) in [6.45, 7) is 6.81. The van der Waals surface area contributed by atoms with E-state index in [0.717, 1.165) is 11.4 Å². The molecule has 2 atom stereocenters. The van der Waals surface area contributed by atoms with E-state index < -0.39 is 8.32 Å². The summed E-state index contributed by atoms with van der Waals surface area (Å²) in [6, 6.07) is 6.28. The molecular formula is C13H17ClOSi. The molecule has 0 aromatic heterocycles. The maximum Gasteiger partial charge on any atom is 0.184 e. The number of rotatable bonds is 2. The van der Waals surface area contributed by atoms with E-state index in [0.29, 0.717) is 5.92 Å². The zero-order valence-corrected chi connectivity index (χ0v) is 11.8. The first-order chi connectivity index (χ1) is 7.41. The van der Waals surface area contributed by atoms with Gasteiger partial charge in [-0.1, -0.05) is 17.7 Å². The molecule has 0 bridgehead atoms. The summed E-state index contributed by atoms with van der Waals surface area (Å²) in [6.07, 6.45) is 2.37. The molecule has 3 heteroatoms. The van der Waals surface area contributed by atoms with Crippen molar-refractivity contribution in [2.24, 2.45) is 5.92 Å². The molecule has 1 aromatic carbocycles. The average Bonchev–Trinajstić information content (AvgIpc) is 2.68. The number of benzene rings is 1. The summed E-state index contributed by atoms with van der Waals surface area (Å²) < 4.78 is 6.42. The molecule has 0 N–H and O–H groups in total. The third kappa shape index (κ3) is 1.55. The molecule has 1 aromatic rings. The lowest BCUT2D eigenvalue weighted by Gasteiger charge is -2.26. The van der Waals surface area contributed by atoms with Gasteiger partial charge in [-0.3, -0.25) is 0 Å². The van der Waals surface area contributed by atoms with Crippen molar-refractivity contribution in [1.29, 1.82) is 0 Å². The van der Waals surface area contributed by atoms with Crippen LogP contribution in [0.25, 0.3) is 0 Å². The Balaban J connectivity index is 1.98. The second kappa shape index (κ2) is 3.12. The summed E-state index contributed by atoms with van der Waals surface area (Å²) >= 11 is 6.03. The number of hydrogen-bond acceptors (Lipinski definition) is 1. The minimum atomic E-state index is -1.47. The summed E-state index contributed by atoms with van der Waals surface area (Å²) in [5.74, 6) is 0.715. The van der Waals surface area contributed by atoms with E-state index in [-0.39, 0.29) is 5.60 Å². The molecule has 1 fully saturated rings. The SMILES string of the molecule is C[Si](C)(C)OC12CC1Cc1cc(Cl)ccc12. The lowest BCUT2D eigenvalue weighted by Crippen LogP contribution is -2.32. The molecule has 3 rings (SSSR count). The predicted molar refractivity (Wildman–Crippen MR) is 69.4 cm³/mol. The molecule has 2 aliphatic rings. The van der Waals surface area contributed by atoms with Crippen LogP contribution in [0.5, 0.6) is 0 Å². The van der Waals surface area contributed by atoms with E-state index in [1.807, 2.05) is 6.07 Å². The smallest absolute Gasteiger partial charge is 0.184 e. The van der Waals surface area contributed by atoms with Crippen molar-refractivity contribution >= 4 is 19.9 Å². The van der Waals surface area contributed by atoms with E-state index in [9.17, 15) is 0 Å². The molecule has 2 aliphatic carbocycles. The molecule has 86 valence electrons. The van der Waals surface area contributed by atoms with Gasteiger partial charge in [-0.05, 0) is 61.7 Å². The van der Waals surface area contributed by atoms with Crippen molar-refractivity contribution in [3.63, 3.8) is 0 Å². The molecule has 0 aliphatic heterocycles. The van der Waals surface area contributed by atoms with Crippen molar-refractivity contribution in [3.05, 3.63) is 34.3 Å². The number of hydrogen-bond donors (Lipinski definition) is 0. The van der Waals surface area contributed by atoms with Crippen LogP contribution < -0.4 is 0 Å². The monoisotopic (exact) mass is 252 g/mol. The lowest BCUT2D eigenvalue weighted by atomic mass is 10.1. The van der Waals surface area contributed by atoms with E-state index in [1.165, 1.54) is 17.5 Å². The maximum atomic E-state index is 6.42. The van der Waals surface area contributed by atoms with Gasteiger partial charge in [-0.25, -0.2) is 0 Å². The average molecular weight is 253 g/mol. The summed E-state index contributed by atoms with van der Waals surface area (Å²) in [4.78, 5) is 0. The van der Waals surface area contributed by atoms with Gasteiger partial charge in [0.05, 0.1) is 5.60 Å². The predicted octanol–water partition coefficient (Wildman–Crippen LogP) is 3.96. The van der Waals surface area contributed by atoms with Gasteiger partial charge >= 0.3 is 0 Å². The second-order valence-electron chi connectivity index (χ2n) is 6.01. The molecular weight excluding hydrogens is 236 g/mol. The van der Waals surface area contributed by atoms with Crippen molar-refractivity contribution in [3.8, 4) is 0 Å². The third-order valence-corrected chi connectivity index (χ3v) is 4.74. The van der Waals surface area contributed by atoms with Gasteiger partial charge in [-0.15, -0.1) is 0 Å². The van der Waals surface area contributed by atoms with Crippen LogP contribution >= 0.6 is 11.6 Å². The lowest BCUT2D eigenvalue weighted by molar-refractivity contribution is 0.162. The Bertz CT molecular complexity index is 452. The van der Waals surface area contributed by atoms with Gasteiger partial charge < -0.3 is 4.43 Å². The largest absolute Gasteiger partial charge is 0.408 e. The minimum Gasteiger partial charge on any atom is -0.408 e. The third-order valence-electron chi connectivity index (χ3n) is 3.53. The van der Waals surface area contributed by atoms with Crippen LogP contribution in [0, 0.1) is 5.92 Å². The molecule has 1 saturated carbocycles. The highest BCUT2D eigenvalue weighted by molar-refractivity contribution is 6.69. The fourth-order valence-corrected chi connectivity index (χ4v) is 4.66. The van der Waals surface area contributed by atoms with E-state index in [2.05, 4.69) is 31.8 Å². The van der Waals surface area contributed by atoms with Gasteiger partial charge in [0.25, 0.3) is 0 Å². The summed E-state index contributed by atoms with van der Waals surface area (Å²) in [5, 5.41) is 0.850. The van der Waals surface area contributed by atoms with Gasteiger partial charge in [0, 0.05) is 5.02 Å². The Labute approximate surface area is 103 Å². The first-order valence-corrected chi connectivity index (χ1v) is 9.68. The van der Waals surface area contributed by atoms with Crippen LogP contribution in [0.1, 0.15) is 17.5 Å². The Hall–Kier alpha value is -0.313. The van der Waals surface area contributed by atoms with Crippen molar-refractivity contribution < 1.29 is 4.43 Å². The van der Waals surface area contributed by atoms with Crippen molar-refractivity contribution in [2.75, 3.05) is 0 Å². The van der Waals surface area contributed by atoms with Crippen molar-refractivity contribution in [1.82, 2.24) is 0 Å². The zero-order valence-electron chi connectivity index (χ0n) is 10.0. The molecule has 0 saturated heterocycles. The van der Waals surface area contributed by atoms with Crippen molar-refractivity contribution in [2.45, 2.75) is 38.1 Å². The van der Waals surface area contributed by atoms with Crippen LogP contribution in [0.15, 0.2) is 18.2 Å². The van der Waals surface area contributed by atoms with Gasteiger partial charge in [0.2, 0.25) is 0 Å². The Kier molecular flexibility index (Phi) is 2.11. The van der Waals surface area contributed by atoms with Gasteiger partial charge in [0.15, 0.2) is 8.32 Å². The highest BCUT2D eigenvalue weighted by Gasteiger charge is 2.62. The topological polar surface area (TPSA) is 9.23 Å². The van der Waals surface area contributed by atoms with Crippen LogP contribution in [0.2, 0.25) is 24.7 Å². The molecule has 16 heavy (non-hydrogen) atoms. The second-order valence-corrected chi connectivity index (χ2v) is 10.9. The van der Waals surface area contributed by atoms with Crippen LogP contribution in [0.4, 0.5) is 0 Å².